The predicted molar refractivity (Wildman–Crippen MR) is 79.2 cm³/mol. The minimum absolute atomic E-state index is 0.0826. The van der Waals surface area contributed by atoms with Crippen molar-refractivity contribution in [3.63, 3.8) is 0 Å². The highest BCUT2D eigenvalue weighted by Gasteiger charge is 2.19. The third-order valence-corrected chi connectivity index (χ3v) is 3.71. The van der Waals surface area contributed by atoms with Gasteiger partial charge in [0.05, 0.1) is 12.2 Å². The predicted octanol–water partition coefficient (Wildman–Crippen LogP) is 0.698. The molecule has 1 amide bonds. The molecule has 1 aliphatic heterocycles. The van der Waals surface area contributed by atoms with Crippen LogP contribution in [-0.4, -0.2) is 67.7 Å². The lowest BCUT2D eigenvalue weighted by Crippen LogP contribution is -2.48. The Labute approximate surface area is 119 Å². The fourth-order valence-electron chi connectivity index (χ4n) is 2.21. The van der Waals surface area contributed by atoms with Crippen molar-refractivity contribution in [1.29, 1.82) is 0 Å². The number of hydrogen-bond acceptors (Lipinski definition) is 5. The Morgan fingerprint density at radius 1 is 1.25 bits per heavy atom. The first kappa shape index (κ1) is 14.8. The number of amides is 1. The van der Waals surface area contributed by atoms with Gasteiger partial charge < -0.3 is 9.80 Å². The Morgan fingerprint density at radius 2 is 1.85 bits per heavy atom. The molecule has 0 atom stereocenters. The van der Waals surface area contributed by atoms with Crippen LogP contribution in [0.1, 0.15) is 0 Å². The summed E-state index contributed by atoms with van der Waals surface area (Å²) in [6, 6.07) is 7.07. The van der Waals surface area contributed by atoms with Gasteiger partial charge in [-0.2, -0.15) is 0 Å². The van der Waals surface area contributed by atoms with Crippen molar-refractivity contribution >= 4 is 17.3 Å². The quantitative estimate of drug-likeness (QED) is 0.794. The number of nitrogens with one attached hydrogen (secondary N) is 1. The Morgan fingerprint density at radius 3 is 2.40 bits per heavy atom. The molecule has 1 aromatic rings. The topological polar surface area (TPSA) is 59.0 Å². The van der Waals surface area contributed by atoms with Crippen molar-refractivity contribution in [2.45, 2.75) is 0 Å². The van der Waals surface area contributed by atoms with Crippen LogP contribution in [0.3, 0.4) is 0 Å². The van der Waals surface area contributed by atoms with E-state index >= 15 is 0 Å². The maximum Gasteiger partial charge on any atom is 0.240 e. The lowest BCUT2D eigenvalue weighted by Gasteiger charge is -2.32. The number of carbonyl (C=O) groups is 1. The van der Waals surface area contributed by atoms with Crippen molar-refractivity contribution in [2.24, 2.45) is 0 Å². The second kappa shape index (κ2) is 6.69. The van der Waals surface area contributed by atoms with E-state index < -0.39 is 0 Å². The molecular weight excluding hydrogens is 256 g/mol. The third kappa shape index (κ3) is 3.69. The Balaban J connectivity index is 1.90. The fourth-order valence-corrected chi connectivity index (χ4v) is 2.21. The molecule has 1 fully saturated rings. The average Bonchev–Trinajstić information content (AvgIpc) is 2.49. The summed E-state index contributed by atoms with van der Waals surface area (Å²) in [6.45, 7) is 4.33. The molecular formula is C14H22N4O2. The van der Waals surface area contributed by atoms with Crippen LogP contribution in [0.2, 0.25) is 0 Å². The van der Waals surface area contributed by atoms with Gasteiger partial charge in [0, 0.05) is 38.9 Å². The van der Waals surface area contributed by atoms with Gasteiger partial charge in [-0.15, -0.1) is 0 Å². The van der Waals surface area contributed by atoms with Gasteiger partial charge in [-0.05, 0) is 31.3 Å². The zero-order chi connectivity index (χ0) is 14.5. The summed E-state index contributed by atoms with van der Waals surface area (Å²) in [5, 5.41) is 8.77. The van der Waals surface area contributed by atoms with E-state index in [1.54, 1.807) is 36.2 Å². The van der Waals surface area contributed by atoms with Crippen LogP contribution in [0, 0.1) is 0 Å². The van der Waals surface area contributed by atoms with Crippen molar-refractivity contribution in [1.82, 2.24) is 9.80 Å². The van der Waals surface area contributed by atoms with E-state index in [9.17, 15) is 4.79 Å². The van der Waals surface area contributed by atoms with Gasteiger partial charge in [-0.3, -0.25) is 20.4 Å². The molecule has 6 heteroatoms. The highest BCUT2D eigenvalue weighted by atomic mass is 16.5. The van der Waals surface area contributed by atoms with Gasteiger partial charge in [0.15, 0.2) is 0 Å². The largest absolute Gasteiger partial charge is 0.314 e. The number of nitrogens with zero attached hydrogens (tertiary/aromatic N) is 3. The molecule has 6 nitrogen and oxygen atoms in total. The number of hydrogen-bond donors (Lipinski definition) is 2. The number of anilines is 2. The number of piperazine rings is 1. The fraction of sp³-hybridized carbons (Fsp3) is 0.500. The molecule has 0 aliphatic carbocycles. The molecule has 0 radical (unpaired) electrons. The minimum atomic E-state index is 0.0826. The smallest absolute Gasteiger partial charge is 0.240 e. The minimum Gasteiger partial charge on any atom is -0.314 e. The van der Waals surface area contributed by atoms with Gasteiger partial charge in [0.25, 0.3) is 0 Å². The third-order valence-electron chi connectivity index (χ3n) is 3.71. The molecule has 110 valence electrons. The highest BCUT2D eigenvalue weighted by Crippen LogP contribution is 2.16. The zero-order valence-corrected chi connectivity index (χ0v) is 12.0. The van der Waals surface area contributed by atoms with Crippen LogP contribution in [0.15, 0.2) is 24.3 Å². The van der Waals surface area contributed by atoms with E-state index in [0.717, 1.165) is 31.9 Å². The van der Waals surface area contributed by atoms with Gasteiger partial charge in [0.1, 0.15) is 0 Å². The molecule has 1 heterocycles. The van der Waals surface area contributed by atoms with E-state index in [0.29, 0.717) is 12.2 Å². The number of carbonyl (C=O) groups excluding carboxylic acids is 1. The van der Waals surface area contributed by atoms with Crippen LogP contribution in [0.5, 0.6) is 0 Å². The SMILES string of the molecule is CN1CCN(CC(=O)N(C)c2ccc(NO)cc2)CC1. The maximum atomic E-state index is 12.3. The summed E-state index contributed by atoms with van der Waals surface area (Å²) in [7, 11) is 3.88. The first-order chi connectivity index (χ1) is 9.60. The van der Waals surface area contributed by atoms with Crippen LogP contribution in [-0.2, 0) is 4.79 Å². The van der Waals surface area contributed by atoms with Gasteiger partial charge >= 0.3 is 0 Å². The van der Waals surface area contributed by atoms with Gasteiger partial charge in [-0.25, -0.2) is 0 Å². The summed E-state index contributed by atoms with van der Waals surface area (Å²) in [5.41, 5.74) is 3.50. The molecule has 0 saturated carbocycles. The van der Waals surface area contributed by atoms with Crippen LogP contribution in [0.4, 0.5) is 11.4 Å². The molecule has 0 spiro atoms. The Hall–Kier alpha value is -1.63. The van der Waals surface area contributed by atoms with E-state index in [2.05, 4.69) is 22.3 Å². The van der Waals surface area contributed by atoms with Crippen molar-refractivity contribution in [3.05, 3.63) is 24.3 Å². The Kier molecular flexibility index (Phi) is 4.94. The average molecular weight is 278 g/mol. The van der Waals surface area contributed by atoms with Crippen LogP contribution < -0.4 is 10.4 Å². The lowest BCUT2D eigenvalue weighted by atomic mass is 10.2. The molecule has 1 saturated heterocycles. The second-order valence-corrected chi connectivity index (χ2v) is 5.19. The van der Waals surface area contributed by atoms with Gasteiger partial charge in [0.2, 0.25) is 5.91 Å². The monoisotopic (exact) mass is 278 g/mol. The number of benzene rings is 1. The molecule has 1 aromatic carbocycles. The zero-order valence-electron chi connectivity index (χ0n) is 12.0. The van der Waals surface area contributed by atoms with Crippen LogP contribution in [0.25, 0.3) is 0 Å². The molecule has 0 unspecified atom stereocenters. The Bertz CT molecular complexity index is 441. The van der Waals surface area contributed by atoms with E-state index in [1.807, 2.05) is 0 Å². The standard InChI is InChI=1S/C14H22N4O2/c1-16-7-9-18(10-8-16)11-14(19)17(2)13-5-3-12(15-20)4-6-13/h3-6,15,20H,7-11H2,1-2H3. The van der Waals surface area contributed by atoms with Crippen molar-refractivity contribution in [2.75, 3.05) is 57.2 Å². The van der Waals surface area contributed by atoms with Crippen LogP contribution >= 0.6 is 0 Å². The number of likely N-dealkylation sites (N-methyl/N-ethyl adjacent to an activating group) is 2. The van der Waals surface area contributed by atoms with Gasteiger partial charge in [-0.1, -0.05) is 0 Å². The molecule has 2 rings (SSSR count). The normalized spacial score (nSPS) is 16.9. The maximum absolute atomic E-state index is 12.3. The summed E-state index contributed by atoms with van der Waals surface area (Å²) < 4.78 is 0. The highest BCUT2D eigenvalue weighted by molar-refractivity contribution is 5.94. The summed E-state index contributed by atoms with van der Waals surface area (Å²) in [4.78, 5) is 18.4. The summed E-state index contributed by atoms with van der Waals surface area (Å²) in [5.74, 6) is 0.0826. The summed E-state index contributed by atoms with van der Waals surface area (Å²) >= 11 is 0. The lowest BCUT2D eigenvalue weighted by molar-refractivity contribution is -0.119. The van der Waals surface area contributed by atoms with E-state index in [1.165, 1.54) is 0 Å². The van der Waals surface area contributed by atoms with E-state index in [-0.39, 0.29) is 5.91 Å². The second-order valence-electron chi connectivity index (χ2n) is 5.19. The molecule has 0 bridgehead atoms. The molecule has 1 aliphatic rings. The molecule has 2 N–H and O–H groups in total. The summed E-state index contributed by atoms with van der Waals surface area (Å²) in [6.07, 6.45) is 0. The van der Waals surface area contributed by atoms with Crippen molar-refractivity contribution in [3.8, 4) is 0 Å². The number of rotatable bonds is 4. The molecule has 0 aromatic heterocycles. The molecule has 20 heavy (non-hydrogen) atoms. The first-order valence-electron chi connectivity index (χ1n) is 6.78. The first-order valence-corrected chi connectivity index (χ1v) is 6.78. The van der Waals surface area contributed by atoms with E-state index in [4.69, 9.17) is 5.21 Å². The van der Waals surface area contributed by atoms with Crippen molar-refractivity contribution < 1.29 is 10.0 Å².